The van der Waals surface area contributed by atoms with Gasteiger partial charge in [-0.2, -0.15) is 0 Å². The van der Waals surface area contributed by atoms with E-state index in [1.54, 1.807) is 12.1 Å². The van der Waals surface area contributed by atoms with Gasteiger partial charge in [-0.05, 0) is 24.3 Å². The number of nitro groups is 1. The molecule has 0 bridgehead atoms. The number of nitrogens with zero attached hydrogens (tertiary/aromatic N) is 1. The van der Waals surface area contributed by atoms with Gasteiger partial charge in [0.05, 0.1) is 15.5 Å². The van der Waals surface area contributed by atoms with E-state index in [0.29, 0.717) is 11.4 Å². The molecule has 0 saturated carbocycles. The highest BCUT2D eigenvalue weighted by Gasteiger charge is 2.10. The van der Waals surface area contributed by atoms with E-state index in [-0.39, 0.29) is 16.3 Å². The lowest BCUT2D eigenvalue weighted by Crippen LogP contribution is -1.98. The number of rotatable bonds is 4. The number of nitrogens with one attached hydrogen (secondary N) is 1. The topological polar surface area (TPSA) is 92.5 Å². The third-order valence-electron chi connectivity index (χ3n) is 2.55. The monoisotopic (exact) mass is 292 g/mol. The molecule has 0 fully saturated rings. The van der Waals surface area contributed by atoms with E-state index in [1.807, 2.05) is 0 Å². The molecule has 7 heteroatoms. The molecular formula is C13H9ClN2O4. The maximum Gasteiger partial charge on any atom is 0.337 e. The molecule has 2 aromatic carbocycles. The highest BCUT2D eigenvalue weighted by atomic mass is 35.5. The summed E-state index contributed by atoms with van der Waals surface area (Å²) in [6.45, 7) is 0. The smallest absolute Gasteiger partial charge is 0.337 e. The maximum absolute atomic E-state index is 10.8. The zero-order valence-electron chi connectivity index (χ0n) is 10.0. The van der Waals surface area contributed by atoms with Crippen molar-refractivity contribution in [3.8, 4) is 0 Å². The number of nitro benzene ring substituents is 1. The first kappa shape index (κ1) is 13.8. The second-order valence-electron chi connectivity index (χ2n) is 3.93. The molecule has 6 nitrogen and oxygen atoms in total. The molecule has 0 radical (unpaired) electrons. The Labute approximate surface area is 118 Å². The van der Waals surface area contributed by atoms with Crippen LogP contribution in [0.4, 0.5) is 17.1 Å². The summed E-state index contributed by atoms with van der Waals surface area (Å²) in [5, 5.41) is 22.5. The minimum absolute atomic E-state index is 0.00346. The molecule has 0 aliphatic rings. The van der Waals surface area contributed by atoms with Crippen LogP contribution in [0.5, 0.6) is 0 Å². The highest BCUT2D eigenvalue weighted by Crippen LogP contribution is 2.25. The molecule has 0 aliphatic heterocycles. The van der Waals surface area contributed by atoms with Crippen molar-refractivity contribution in [1.29, 1.82) is 0 Å². The lowest BCUT2D eigenvalue weighted by molar-refractivity contribution is -0.384. The molecule has 0 spiro atoms. The number of halogens is 1. The number of aromatic carboxylic acids is 1. The Bertz CT molecular complexity index is 688. The van der Waals surface area contributed by atoms with Crippen LogP contribution < -0.4 is 5.32 Å². The number of hydrogen-bond donors (Lipinski definition) is 2. The number of anilines is 2. The Morgan fingerprint density at radius 1 is 1.20 bits per heavy atom. The quantitative estimate of drug-likeness (QED) is 0.662. The van der Waals surface area contributed by atoms with Crippen molar-refractivity contribution in [3.05, 3.63) is 63.2 Å². The van der Waals surface area contributed by atoms with Gasteiger partial charge in [-0.15, -0.1) is 0 Å². The lowest BCUT2D eigenvalue weighted by Gasteiger charge is -2.07. The van der Waals surface area contributed by atoms with Gasteiger partial charge in [0, 0.05) is 23.5 Å². The Kier molecular flexibility index (Phi) is 3.86. The van der Waals surface area contributed by atoms with E-state index >= 15 is 0 Å². The summed E-state index contributed by atoms with van der Waals surface area (Å²) in [4.78, 5) is 21.0. The normalized spacial score (nSPS) is 10.1. The molecule has 20 heavy (non-hydrogen) atoms. The molecule has 2 aromatic rings. The number of benzene rings is 2. The van der Waals surface area contributed by atoms with E-state index in [2.05, 4.69) is 5.32 Å². The minimum Gasteiger partial charge on any atom is -0.478 e. The van der Waals surface area contributed by atoms with Crippen molar-refractivity contribution >= 4 is 34.6 Å². The molecule has 2 N–H and O–H groups in total. The molecular weight excluding hydrogens is 284 g/mol. The van der Waals surface area contributed by atoms with Gasteiger partial charge in [0.15, 0.2) is 0 Å². The largest absolute Gasteiger partial charge is 0.478 e. The SMILES string of the molecule is O=C(O)c1ccc(Nc2cccc([N+](=O)[O-])c2)cc1Cl. The number of hydrogen-bond acceptors (Lipinski definition) is 4. The molecule has 0 saturated heterocycles. The van der Waals surface area contributed by atoms with Gasteiger partial charge in [-0.25, -0.2) is 4.79 Å². The average molecular weight is 293 g/mol. The zero-order chi connectivity index (χ0) is 14.7. The maximum atomic E-state index is 10.8. The van der Waals surface area contributed by atoms with Crippen LogP contribution in [0, 0.1) is 10.1 Å². The summed E-state index contributed by atoms with van der Waals surface area (Å²) in [5.74, 6) is -1.11. The Balaban J connectivity index is 2.26. The van der Waals surface area contributed by atoms with E-state index < -0.39 is 10.9 Å². The van der Waals surface area contributed by atoms with E-state index in [0.717, 1.165) is 0 Å². The van der Waals surface area contributed by atoms with Gasteiger partial charge in [-0.3, -0.25) is 10.1 Å². The van der Waals surface area contributed by atoms with Crippen LogP contribution in [0.3, 0.4) is 0 Å². The third kappa shape index (κ3) is 3.04. The van der Waals surface area contributed by atoms with E-state index in [4.69, 9.17) is 16.7 Å². The molecule has 0 heterocycles. The van der Waals surface area contributed by atoms with Gasteiger partial charge in [0.1, 0.15) is 0 Å². The average Bonchev–Trinajstić information content (AvgIpc) is 2.38. The second-order valence-corrected chi connectivity index (χ2v) is 4.34. The predicted molar refractivity (Wildman–Crippen MR) is 74.8 cm³/mol. The van der Waals surface area contributed by atoms with Crippen molar-refractivity contribution in [2.75, 3.05) is 5.32 Å². The van der Waals surface area contributed by atoms with Crippen LogP contribution in [-0.2, 0) is 0 Å². The van der Waals surface area contributed by atoms with Gasteiger partial charge >= 0.3 is 5.97 Å². The summed E-state index contributed by atoms with van der Waals surface area (Å²) < 4.78 is 0. The van der Waals surface area contributed by atoms with Gasteiger partial charge in [-0.1, -0.05) is 17.7 Å². The summed E-state index contributed by atoms with van der Waals surface area (Å²) in [7, 11) is 0. The van der Waals surface area contributed by atoms with Crippen molar-refractivity contribution in [1.82, 2.24) is 0 Å². The predicted octanol–water partition coefficient (Wildman–Crippen LogP) is 3.69. The molecule has 102 valence electrons. The standard InChI is InChI=1S/C13H9ClN2O4/c14-12-7-9(4-5-11(12)13(17)18)15-8-2-1-3-10(6-8)16(19)20/h1-7,15H,(H,17,18). The Hall–Kier alpha value is -2.60. The summed E-state index contributed by atoms with van der Waals surface area (Å²) in [5.41, 5.74) is 1.01. The number of carbonyl (C=O) groups is 1. The minimum atomic E-state index is -1.11. The molecule has 0 aliphatic carbocycles. The first-order chi connectivity index (χ1) is 9.47. The first-order valence-electron chi connectivity index (χ1n) is 5.51. The molecule has 0 atom stereocenters. The number of carboxylic acids is 1. The van der Waals surface area contributed by atoms with Crippen LogP contribution in [0.1, 0.15) is 10.4 Å². The first-order valence-corrected chi connectivity index (χ1v) is 5.89. The van der Waals surface area contributed by atoms with Crippen molar-refractivity contribution in [2.45, 2.75) is 0 Å². The molecule has 0 amide bonds. The van der Waals surface area contributed by atoms with Crippen LogP contribution in [0.25, 0.3) is 0 Å². The van der Waals surface area contributed by atoms with E-state index in [1.165, 1.54) is 30.3 Å². The van der Waals surface area contributed by atoms with Gasteiger partial charge in [0.2, 0.25) is 0 Å². The van der Waals surface area contributed by atoms with E-state index in [9.17, 15) is 14.9 Å². The van der Waals surface area contributed by atoms with Crippen molar-refractivity contribution < 1.29 is 14.8 Å². The van der Waals surface area contributed by atoms with Gasteiger partial charge in [0.25, 0.3) is 5.69 Å². The van der Waals surface area contributed by atoms with Gasteiger partial charge < -0.3 is 10.4 Å². The summed E-state index contributed by atoms with van der Waals surface area (Å²) in [6.07, 6.45) is 0. The fraction of sp³-hybridized carbons (Fsp3) is 0. The van der Waals surface area contributed by atoms with Crippen molar-refractivity contribution in [3.63, 3.8) is 0 Å². The molecule has 0 unspecified atom stereocenters. The second kappa shape index (κ2) is 5.58. The Morgan fingerprint density at radius 2 is 1.90 bits per heavy atom. The number of carboxylic acid groups (broad SMARTS) is 1. The lowest BCUT2D eigenvalue weighted by atomic mass is 10.2. The number of non-ortho nitro benzene ring substituents is 1. The molecule has 0 aromatic heterocycles. The highest BCUT2D eigenvalue weighted by molar-refractivity contribution is 6.33. The van der Waals surface area contributed by atoms with Crippen LogP contribution in [0.2, 0.25) is 5.02 Å². The summed E-state index contributed by atoms with van der Waals surface area (Å²) >= 11 is 5.84. The van der Waals surface area contributed by atoms with Crippen molar-refractivity contribution in [2.24, 2.45) is 0 Å². The molecule has 2 rings (SSSR count). The van der Waals surface area contributed by atoms with Crippen LogP contribution >= 0.6 is 11.6 Å². The summed E-state index contributed by atoms with van der Waals surface area (Å²) in [6, 6.07) is 10.3. The van der Waals surface area contributed by atoms with Crippen LogP contribution in [0.15, 0.2) is 42.5 Å². The Morgan fingerprint density at radius 3 is 2.50 bits per heavy atom. The van der Waals surface area contributed by atoms with Crippen LogP contribution in [-0.4, -0.2) is 16.0 Å². The zero-order valence-corrected chi connectivity index (χ0v) is 10.8. The fourth-order valence-electron chi connectivity index (χ4n) is 1.63. The third-order valence-corrected chi connectivity index (χ3v) is 2.86. The fourth-order valence-corrected chi connectivity index (χ4v) is 1.89.